The summed E-state index contributed by atoms with van der Waals surface area (Å²) in [5.41, 5.74) is 0. The average Bonchev–Trinajstić information content (AvgIpc) is 2.93. The molecule has 0 heterocycles. The fourth-order valence-corrected chi connectivity index (χ4v) is 5.66. The minimum Gasteiger partial charge on any atom is -0.481 e. The molecule has 0 aliphatic heterocycles. The molecule has 0 spiro atoms. The van der Waals surface area contributed by atoms with Crippen LogP contribution >= 0.6 is 0 Å². The highest BCUT2D eigenvalue weighted by Crippen LogP contribution is 2.19. The van der Waals surface area contributed by atoms with Crippen molar-refractivity contribution < 1.29 is 19.4 Å². The maximum absolute atomic E-state index is 12.6. The van der Waals surface area contributed by atoms with E-state index in [-0.39, 0.29) is 12.1 Å². The van der Waals surface area contributed by atoms with Crippen molar-refractivity contribution in [3.63, 3.8) is 0 Å². The maximum atomic E-state index is 12.6. The third-order valence-corrected chi connectivity index (χ3v) is 8.33. The lowest BCUT2D eigenvalue weighted by Gasteiger charge is -2.18. The molecule has 40 heavy (non-hydrogen) atoms. The van der Waals surface area contributed by atoms with Crippen LogP contribution in [0, 0.1) is 0 Å². The third-order valence-electron chi connectivity index (χ3n) is 8.33. The van der Waals surface area contributed by atoms with Gasteiger partial charge in [-0.1, -0.05) is 162 Å². The molecule has 0 bridgehead atoms. The first kappa shape index (κ1) is 38.9. The molecule has 0 saturated heterocycles. The molecule has 0 aromatic carbocycles. The van der Waals surface area contributed by atoms with E-state index >= 15 is 0 Å². The van der Waals surface area contributed by atoms with Crippen molar-refractivity contribution in [1.29, 1.82) is 0 Å². The highest BCUT2D eigenvalue weighted by molar-refractivity contribution is 5.69. The number of carboxylic acid groups (broad SMARTS) is 1. The number of rotatable bonds is 33. The summed E-state index contributed by atoms with van der Waals surface area (Å²) in [4.78, 5) is 23.1. The molecule has 4 nitrogen and oxygen atoms in total. The molecule has 0 aliphatic rings. The summed E-state index contributed by atoms with van der Waals surface area (Å²) in [7, 11) is 0. The highest BCUT2D eigenvalue weighted by Gasteiger charge is 2.14. The van der Waals surface area contributed by atoms with E-state index in [1.54, 1.807) is 0 Å². The molecule has 0 aromatic rings. The SMILES string of the molecule is CCCCCCCCCCCCCCCC(=O)OC(CCCCCCC)CCCCCCCCCCCC(=O)O. The Bertz CT molecular complexity index is 533. The van der Waals surface area contributed by atoms with Crippen molar-refractivity contribution in [2.75, 3.05) is 0 Å². The van der Waals surface area contributed by atoms with Crippen molar-refractivity contribution in [3.05, 3.63) is 0 Å². The van der Waals surface area contributed by atoms with Crippen LogP contribution in [0.4, 0.5) is 0 Å². The predicted molar refractivity (Wildman–Crippen MR) is 172 cm³/mol. The first-order chi connectivity index (χ1) is 19.6. The fourth-order valence-electron chi connectivity index (χ4n) is 5.66. The zero-order chi connectivity index (χ0) is 29.4. The van der Waals surface area contributed by atoms with Crippen molar-refractivity contribution in [2.24, 2.45) is 0 Å². The first-order valence-corrected chi connectivity index (χ1v) is 18.0. The second-order valence-corrected chi connectivity index (χ2v) is 12.4. The molecule has 238 valence electrons. The van der Waals surface area contributed by atoms with Gasteiger partial charge in [-0.05, 0) is 38.5 Å². The van der Waals surface area contributed by atoms with Gasteiger partial charge in [0.1, 0.15) is 6.10 Å². The molecule has 0 aromatic heterocycles. The van der Waals surface area contributed by atoms with Crippen LogP contribution in [0.2, 0.25) is 0 Å². The summed E-state index contributed by atoms with van der Waals surface area (Å²) in [6, 6.07) is 0. The summed E-state index contributed by atoms with van der Waals surface area (Å²) in [5, 5.41) is 8.69. The Morgan fingerprint density at radius 2 is 0.750 bits per heavy atom. The molecule has 1 unspecified atom stereocenters. The quantitative estimate of drug-likeness (QED) is 0.0633. The standard InChI is InChI=1S/C36H70O4/c1-3-5-7-9-10-11-12-13-14-18-21-25-29-33-36(39)40-34(30-26-22-8-6-4-2)31-27-23-19-16-15-17-20-24-28-32-35(37)38/h34H,3-33H2,1-2H3,(H,37,38). The number of unbranched alkanes of at least 4 members (excludes halogenated alkanes) is 24. The van der Waals surface area contributed by atoms with Crippen molar-refractivity contribution in [1.82, 2.24) is 0 Å². The fraction of sp³-hybridized carbons (Fsp3) is 0.944. The van der Waals surface area contributed by atoms with Crippen LogP contribution in [0.5, 0.6) is 0 Å². The van der Waals surface area contributed by atoms with E-state index in [1.807, 2.05) is 0 Å². The van der Waals surface area contributed by atoms with Gasteiger partial charge in [0.05, 0.1) is 0 Å². The van der Waals surface area contributed by atoms with E-state index < -0.39 is 5.97 Å². The summed E-state index contributed by atoms with van der Waals surface area (Å²) >= 11 is 0. The summed E-state index contributed by atoms with van der Waals surface area (Å²) < 4.78 is 5.98. The highest BCUT2D eigenvalue weighted by atomic mass is 16.5. The number of ether oxygens (including phenoxy) is 1. The second kappa shape index (κ2) is 32.5. The van der Waals surface area contributed by atoms with Gasteiger partial charge in [-0.2, -0.15) is 0 Å². The van der Waals surface area contributed by atoms with E-state index in [0.29, 0.717) is 12.8 Å². The molecule has 0 aliphatic carbocycles. The van der Waals surface area contributed by atoms with E-state index in [9.17, 15) is 9.59 Å². The van der Waals surface area contributed by atoms with Gasteiger partial charge in [0.15, 0.2) is 0 Å². The van der Waals surface area contributed by atoms with Gasteiger partial charge in [-0.15, -0.1) is 0 Å². The molecule has 4 heteroatoms. The van der Waals surface area contributed by atoms with Gasteiger partial charge in [0.25, 0.3) is 0 Å². The van der Waals surface area contributed by atoms with Gasteiger partial charge in [0, 0.05) is 12.8 Å². The number of esters is 1. The molecule has 1 atom stereocenters. The third kappa shape index (κ3) is 31.5. The lowest BCUT2D eigenvalue weighted by Crippen LogP contribution is -2.18. The van der Waals surface area contributed by atoms with Crippen LogP contribution in [0.15, 0.2) is 0 Å². The topological polar surface area (TPSA) is 63.6 Å². The lowest BCUT2D eigenvalue weighted by molar-refractivity contribution is -0.150. The Balaban J connectivity index is 3.87. The molecular weight excluding hydrogens is 496 g/mol. The summed E-state index contributed by atoms with van der Waals surface area (Å²) in [6.45, 7) is 4.53. The molecule has 1 N–H and O–H groups in total. The molecule has 0 rings (SSSR count). The van der Waals surface area contributed by atoms with Crippen LogP contribution in [0.25, 0.3) is 0 Å². The average molecular weight is 567 g/mol. The Hall–Kier alpha value is -1.06. The van der Waals surface area contributed by atoms with Gasteiger partial charge in [-0.3, -0.25) is 9.59 Å². The molecule has 0 fully saturated rings. The minimum absolute atomic E-state index is 0.0320. The van der Waals surface area contributed by atoms with E-state index in [4.69, 9.17) is 9.84 Å². The van der Waals surface area contributed by atoms with Gasteiger partial charge >= 0.3 is 11.9 Å². The van der Waals surface area contributed by atoms with Crippen molar-refractivity contribution in [2.45, 2.75) is 219 Å². The van der Waals surface area contributed by atoms with Crippen LogP contribution in [0.3, 0.4) is 0 Å². The van der Waals surface area contributed by atoms with E-state index in [2.05, 4.69) is 13.8 Å². The van der Waals surface area contributed by atoms with Crippen LogP contribution < -0.4 is 0 Å². The predicted octanol–water partition coefficient (Wildman–Crippen LogP) is 12.1. The largest absolute Gasteiger partial charge is 0.481 e. The summed E-state index contributed by atoms with van der Waals surface area (Å²) in [5.74, 6) is -0.644. The number of carboxylic acids is 1. The molecule has 0 saturated carbocycles. The Morgan fingerprint density at radius 3 is 1.10 bits per heavy atom. The van der Waals surface area contributed by atoms with Gasteiger partial charge < -0.3 is 9.84 Å². The Kier molecular flexibility index (Phi) is 31.6. The number of hydrogen-bond donors (Lipinski definition) is 1. The second-order valence-electron chi connectivity index (χ2n) is 12.4. The van der Waals surface area contributed by atoms with Crippen LogP contribution in [-0.4, -0.2) is 23.1 Å². The Morgan fingerprint density at radius 1 is 0.450 bits per heavy atom. The Labute approximate surface area is 250 Å². The van der Waals surface area contributed by atoms with E-state index in [0.717, 1.165) is 51.4 Å². The monoisotopic (exact) mass is 567 g/mol. The molecule has 0 amide bonds. The van der Waals surface area contributed by atoms with E-state index in [1.165, 1.54) is 135 Å². The number of carbonyl (C=O) groups excluding carboxylic acids is 1. The van der Waals surface area contributed by atoms with Gasteiger partial charge in [-0.25, -0.2) is 0 Å². The van der Waals surface area contributed by atoms with Gasteiger partial charge in [0.2, 0.25) is 0 Å². The normalized spacial score (nSPS) is 12.1. The number of aliphatic carboxylic acids is 1. The smallest absolute Gasteiger partial charge is 0.306 e. The minimum atomic E-state index is -0.676. The number of carbonyl (C=O) groups is 2. The molecular formula is C36H70O4. The zero-order valence-corrected chi connectivity index (χ0v) is 27.2. The summed E-state index contributed by atoms with van der Waals surface area (Å²) in [6.07, 6.45) is 37.0. The lowest BCUT2D eigenvalue weighted by atomic mass is 10.0. The molecule has 0 radical (unpaired) electrons. The van der Waals surface area contributed by atoms with Crippen LogP contribution in [0.1, 0.15) is 213 Å². The zero-order valence-electron chi connectivity index (χ0n) is 27.2. The van der Waals surface area contributed by atoms with Crippen LogP contribution in [-0.2, 0) is 14.3 Å². The van der Waals surface area contributed by atoms with Crippen molar-refractivity contribution in [3.8, 4) is 0 Å². The first-order valence-electron chi connectivity index (χ1n) is 18.0. The number of hydrogen-bond acceptors (Lipinski definition) is 3. The van der Waals surface area contributed by atoms with Crippen molar-refractivity contribution >= 4 is 11.9 Å². The maximum Gasteiger partial charge on any atom is 0.306 e.